The van der Waals surface area contributed by atoms with E-state index in [1.165, 1.54) is 25.3 Å². The molecule has 0 spiro atoms. The monoisotopic (exact) mass is 271 g/mol. The van der Waals surface area contributed by atoms with E-state index < -0.39 is 10.9 Å². The molecule has 0 saturated carbocycles. The molecule has 0 amide bonds. The summed E-state index contributed by atoms with van der Waals surface area (Å²) in [5.41, 5.74) is -0.191. The lowest BCUT2D eigenvalue weighted by atomic mass is 10.3. The number of benzene rings is 1. The maximum Gasteiger partial charge on any atom is 0.336 e. The minimum Gasteiger partial charge on any atom is -0.482 e. The number of nitrogens with zero attached hydrogens (tertiary/aromatic N) is 1. The average Bonchev–Trinajstić information content (AvgIpc) is 2.34. The van der Waals surface area contributed by atoms with Crippen molar-refractivity contribution in [2.75, 3.05) is 13.7 Å². The van der Waals surface area contributed by atoms with Crippen molar-refractivity contribution in [3.63, 3.8) is 0 Å². The van der Waals surface area contributed by atoms with Gasteiger partial charge in [0.05, 0.1) is 17.6 Å². The lowest BCUT2D eigenvalue weighted by Gasteiger charge is -2.07. The molecule has 18 heavy (non-hydrogen) atoms. The van der Waals surface area contributed by atoms with Gasteiger partial charge in [0.2, 0.25) is 0 Å². The maximum absolute atomic E-state index is 11.1. The van der Waals surface area contributed by atoms with Crippen LogP contribution in [0.1, 0.15) is 0 Å². The summed E-state index contributed by atoms with van der Waals surface area (Å²) < 4.78 is 9.56. The smallest absolute Gasteiger partial charge is 0.336 e. The molecule has 96 valence electrons. The van der Waals surface area contributed by atoms with E-state index in [1.807, 2.05) is 0 Å². The van der Waals surface area contributed by atoms with E-state index in [1.54, 1.807) is 0 Å². The number of carbonyl (C=O) groups excluding carboxylic acids is 1. The Kier molecular flexibility index (Phi) is 4.67. The van der Waals surface area contributed by atoms with E-state index in [2.05, 4.69) is 11.3 Å². The van der Waals surface area contributed by atoms with Crippen LogP contribution >= 0.6 is 11.6 Å². The summed E-state index contributed by atoms with van der Waals surface area (Å²) in [5, 5.41) is 11.0. The van der Waals surface area contributed by atoms with E-state index in [0.717, 1.165) is 0 Å². The van der Waals surface area contributed by atoms with Crippen molar-refractivity contribution in [3.8, 4) is 5.75 Å². The van der Waals surface area contributed by atoms with Crippen LogP contribution in [-0.4, -0.2) is 24.6 Å². The second-order valence-corrected chi connectivity index (χ2v) is 3.69. The molecular formula is C11H10ClNO5. The Morgan fingerprint density at radius 3 is 2.78 bits per heavy atom. The molecule has 0 unspecified atom stereocenters. The zero-order valence-corrected chi connectivity index (χ0v) is 10.3. The third-order valence-corrected chi connectivity index (χ3v) is 2.23. The van der Waals surface area contributed by atoms with Crippen molar-refractivity contribution >= 4 is 23.3 Å². The second-order valence-electron chi connectivity index (χ2n) is 3.25. The molecule has 0 aliphatic carbocycles. The number of nitro benzene ring substituents is 1. The Hall–Kier alpha value is -2.08. The van der Waals surface area contributed by atoms with E-state index in [9.17, 15) is 14.9 Å². The van der Waals surface area contributed by atoms with Crippen LogP contribution in [-0.2, 0) is 9.53 Å². The van der Waals surface area contributed by atoms with Crippen LogP contribution in [0.15, 0.2) is 30.4 Å². The van der Waals surface area contributed by atoms with Crippen molar-refractivity contribution < 1.29 is 19.2 Å². The first kappa shape index (κ1) is 14.0. The summed E-state index contributed by atoms with van der Waals surface area (Å²) in [5.74, 6) is -0.669. The van der Waals surface area contributed by atoms with Crippen LogP contribution in [0.2, 0.25) is 5.02 Å². The van der Waals surface area contributed by atoms with Crippen LogP contribution in [0.4, 0.5) is 5.69 Å². The molecule has 0 aliphatic rings. The van der Waals surface area contributed by atoms with Crippen LogP contribution in [0, 0.1) is 10.1 Å². The van der Waals surface area contributed by atoms with Gasteiger partial charge < -0.3 is 9.47 Å². The molecule has 0 aliphatic heterocycles. The predicted octanol–water partition coefficient (Wildman–Crippen LogP) is 2.36. The van der Waals surface area contributed by atoms with Crippen LogP contribution in [0.5, 0.6) is 5.75 Å². The molecule has 7 heteroatoms. The highest BCUT2D eigenvalue weighted by Crippen LogP contribution is 2.30. The molecule has 0 N–H and O–H groups in total. The highest BCUT2D eigenvalue weighted by Gasteiger charge is 2.16. The average molecular weight is 272 g/mol. The van der Waals surface area contributed by atoms with E-state index in [4.69, 9.17) is 16.3 Å². The minimum atomic E-state index is -0.639. The number of carbonyl (C=O) groups is 1. The molecule has 0 saturated heterocycles. The first-order valence-electron chi connectivity index (χ1n) is 4.78. The molecule has 0 heterocycles. The largest absolute Gasteiger partial charge is 0.482 e. The number of hydrogen-bond acceptors (Lipinski definition) is 5. The molecule has 1 aromatic carbocycles. The summed E-state index contributed by atoms with van der Waals surface area (Å²) in [6.07, 6.45) is 0. The van der Waals surface area contributed by atoms with Gasteiger partial charge in [0.25, 0.3) is 0 Å². The number of esters is 1. The Bertz CT molecular complexity index is 500. The molecule has 0 radical (unpaired) electrons. The minimum absolute atomic E-state index is 0.0300. The van der Waals surface area contributed by atoms with E-state index in [0.29, 0.717) is 5.02 Å². The molecule has 0 atom stereocenters. The zero-order chi connectivity index (χ0) is 13.7. The number of ether oxygens (including phenoxy) is 2. The zero-order valence-electron chi connectivity index (χ0n) is 9.51. The van der Waals surface area contributed by atoms with Crippen molar-refractivity contribution in [1.29, 1.82) is 0 Å². The number of hydrogen-bond donors (Lipinski definition) is 0. The molecule has 0 bridgehead atoms. The molecule has 6 nitrogen and oxygen atoms in total. The Balaban J connectivity index is 2.84. The maximum atomic E-state index is 11.1. The van der Waals surface area contributed by atoms with Crippen LogP contribution in [0.3, 0.4) is 0 Å². The molecule has 1 rings (SSSR count). The Morgan fingerprint density at radius 1 is 1.56 bits per heavy atom. The summed E-state index contributed by atoms with van der Waals surface area (Å²) in [7, 11) is 1.20. The van der Waals surface area contributed by atoms with Gasteiger partial charge in [0.15, 0.2) is 5.75 Å². The normalized spacial score (nSPS) is 9.67. The standard InChI is InChI=1S/C11H10ClNO5/c1-7(11(14)17-2)6-18-10-5-8(12)3-4-9(10)13(15)16/h3-5H,1,6H2,2H3. The van der Waals surface area contributed by atoms with Gasteiger partial charge >= 0.3 is 11.7 Å². The number of halogens is 1. The molecular weight excluding hydrogens is 262 g/mol. The summed E-state index contributed by atoms with van der Waals surface area (Å²) in [6.45, 7) is 3.22. The highest BCUT2D eigenvalue weighted by atomic mass is 35.5. The van der Waals surface area contributed by atoms with Gasteiger partial charge in [-0.3, -0.25) is 10.1 Å². The molecule has 0 aromatic heterocycles. The molecule has 0 fully saturated rings. The fourth-order valence-corrected chi connectivity index (χ4v) is 1.28. The lowest BCUT2D eigenvalue weighted by molar-refractivity contribution is -0.385. The first-order chi connectivity index (χ1) is 8.45. The van der Waals surface area contributed by atoms with Gasteiger partial charge in [-0.1, -0.05) is 18.2 Å². The fraction of sp³-hybridized carbons (Fsp3) is 0.182. The van der Waals surface area contributed by atoms with Gasteiger partial charge in [-0.15, -0.1) is 0 Å². The van der Waals surface area contributed by atoms with Gasteiger partial charge in [-0.05, 0) is 6.07 Å². The van der Waals surface area contributed by atoms with Crippen molar-refractivity contribution in [3.05, 3.63) is 45.5 Å². The third kappa shape index (κ3) is 3.46. The van der Waals surface area contributed by atoms with Gasteiger partial charge in [0, 0.05) is 17.2 Å². The third-order valence-electron chi connectivity index (χ3n) is 1.99. The molecule has 1 aromatic rings. The van der Waals surface area contributed by atoms with Gasteiger partial charge in [-0.2, -0.15) is 0 Å². The van der Waals surface area contributed by atoms with Crippen molar-refractivity contribution in [1.82, 2.24) is 0 Å². The van der Waals surface area contributed by atoms with Gasteiger partial charge in [-0.25, -0.2) is 4.79 Å². The van der Waals surface area contributed by atoms with E-state index >= 15 is 0 Å². The fourth-order valence-electron chi connectivity index (χ4n) is 1.12. The SMILES string of the molecule is C=C(COc1cc(Cl)ccc1[N+](=O)[O-])C(=O)OC. The first-order valence-corrected chi connectivity index (χ1v) is 5.16. The highest BCUT2D eigenvalue weighted by molar-refractivity contribution is 6.30. The number of methoxy groups -OCH3 is 1. The Labute approximate surface area is 108 Å². The van der Waals surface area contributed by atoms with Gasteiger partial charge in [0.1, 0.15) is 6.61 Å². The second kappa shape index (κ2) is 6.02. The van der Waals surface area contributed by atoms with Crippen molar-refractivity contribution in [2.45, 2.75) is 0 Å². The topological polar surface area (TPSA) is 78.7 Å². The number of rotatable bonds is 5. The predicted molar refractivity (Wildman–Crippen MR) is 64.8 cm³/mol. The lowest BCUT2D eigenvalue weighted by Crippen LogP contribution is -2.12. The van der Waals surface area contributed by atoms with E-state index in [-0.39, 0.29) is 23.6 Å². The van der Waals surface area contributed by atoms with Crippen LogP contribution < -0.4 is 4.74 Å². The summed E-state index contributed by atoms with van der Waals surface area (Å²) in [6, 6.07) is 3.89. The number of nitro groups is 1. The van der Waals surface area contributed by atoms with Crippen LogP contribution in [0.25, 0.3) is 0 Å². The Morgan fingerprint density at radius 2 is 2.22 bits per heavy atom. The van der Waals surface area contributed by atoms with Crippen molar-refractivity contribution in [2.24, 2.45) is 0 Å². The summed E-state index contributed by atoms with van der Waals surface area (Å²) in [4.78, 5) is 21.2. The summed E-state index contributed by atoms with van der Waals surface area (Å²) >= 11 is 5.71. The quantitative estimate of drug-likeness (QED) is 0.355.